The van der Waals surface area contributed by atoms with E-state index >= 15 is 0 Å². The Bertz CT molecular complexity index is 1300. The van der Waals surface area contributed by atoms with Gasteiger partial charge in [-0.1, -0.05) is 37.6 Å². The second kappa shape index (κ2) is 10.3. The number of rotatable bonds is 7. The highest BCUT2D eigenvalue weighted by molar-refractivity contribution is 6.30. The second-order valence-electron chi connectivity index (χ2n) is 8.03. The number of nitrogens with zero attached hydrogens (tertiary/aromatic N) is 3. The Morgan fingerprint density at radius 1 is 1.00 bits per heavy atom. The summed E-state index contributed by atoms with van der Waals surface area (Å²) in [5.74, 6) is -0.502. The highest BCUT2D eigenvalue weighted by atomic mass is 35.5. The zero-order valence-electron chi connectivity index (χ0n) is 18.8. The van der Waals surface area contributed by atoms with Crippen molar-refractivity contribution in [1.82, 2.24) is 20.1 Å². The minimum absolute atomic E-state index is 0.0441. The average molecular weight is 474 g/mol. The Hall–Kier alpha value is -3.97. The van der Waals surface area contributed by atoms with E-state index < -0.39 is 0 Å². The number of nitrogens with one attached hydrogen (secondary N) is 2. The molecule has 2 amide bonds. The predicted octanol–water partition coefficient (Wildman–Crippen LogP) is 5.23. The van der Waals surface area contributed by atoms with Crippen LogP contribution in [-0.4, -0.2) is 26.6 Å². The Morgan fingerprint density at radius 2 is 1.79 bits per heavy atom. The molecule has 172 valence electrons. The van der Waals surface area contributed by atoms with Crippen LogP contribution in [0.3, 0.4) is 0 Å². The molecular formula is C26H24ClN5O2. The van der Waals surface area contributed by atoms with E-state index in [9.17, 15) is 9.59 Å². The van der Waals surface area contributed by atoms with Crippen LogP contribution in [0.5, 0.6) is 0 Å². The Morgan fingerprint density at radius 3 is 2.50 bits per heavy atom. The van der Waals surface area contributed by atoms with E-state index in [1.54, 1.807) is 53.5 Å². The maximum Gasteiger partial charge on any atom is 0.259 e. The number of hydrogen-bond donors (Lipinski definition) is 2. The molecule has 7 nitrogen and oxygen atoms in total. The molecule has 0 saturated heterocycles. The molecule has 2 aromatic heterocycles. The lowest BCUT2D eigenvalue weighted by atomic mass is 10.0. The molecule has 0 saturated carbocycles. The van der Waals surface area contributed by atoms with Gasteiger partial charge in [-0.2, -0.15) is 5.10 Å². The van der Waals surface area contributed by atoms with Gasteiger partial charge in [-0.15, -0.1) is 0 Å². The largest absolute Gasteiger partial charge is 0.346 e. The van der Waals surface area contributed by atoms with E-state index in [0.717, 1.165) is 17.1 Å². The molecule has 0 unspecified atom stereocenters. The number of amides is 2. The van der Waals surface area contributed by atoms with Crippen LogP contribution < -0.4 is 10.6 Å². The summed E-state index contributed by atoms with van der Waals surface area (Å²) < 4.78 is 1.75. The lowest BCUT2D eigenvalue weighted by Crippen LogP contribution is -2.23. The van der Waals surface area contributed by atoms with Gasteiger partial charge in [-0.25, -0.2) is 4.68 Å². The molecule has 0 spiro atoms. The first-order valence-corrected chi connectivity index (χ1v) is 11.2. The van der Waals surface area contributed by atoms with Gasteiger partial charge >= 0.3 is 0 Å². The highest BCUT2D eigenvalue weighted by Crippen LogP contribution is 2.25. The first-order valence-electron chi connectivity index (χ1n) is 10.9. The quantitative estimate of drug-likeness (QED) is 0.385. The summed E-state index contributed by atoms with van der Waals surface area (Å²) in [5.41, 5.74) is 3.79. The molecule has 0 fully saturated rings. The topological polar surface area (TPSA) is 88.9 Å². The van der Waals surface area contributed by atoms with Gasteiger partial charge in [0.05, 0.1) is 35.4 Å². The van der Waals surface area contributed by atoms with Crippen LogP contribution in [0.1, 0.15) is 51.9 Å². The van der Waals surface area contributed by atoms with Crippen molar-refractivity contribution < 1.29 is 9.59 Å². The summed E-state index contributed by atoms with van der Waals surface area (Å²) in [5, 5.41) is 10.8. The summed E-state index contributed by atoms with van der Waals surface area (Å²) in [7, 11) is 0. The van der Waals surface area contributed by atoms with Crippen LogP contribution in [0, 0.1) is 0 Å². The van der Waals surface area contributed by atoms with Crippen molar-refractivity contribution in [3.05, 3.63) is 107 Å². The molecule has 4 aromatic rings. The zero-order chi connectivity index (χ0) is 24.1. The van der Waals surface area contributed by atoms with Gasteiger partial charge in [0, 0.05) is 22.5 Å². The molecule has 4 rings (SSSR count). The number of aromatic nitrogens is 3. The van der Waals surface area contributed by atoms with Gasteiger partial charge in [0.25, 0.3) is 11.8 Å². The summed E-state index contributed by atoms with van der Waals surface area (Å²) >= 11 is 6.01. The fraction of sp³-hybridized carbons (Fsp3) is 0.154. The number of hydrogen-bond acceptors (Lipinski definition) is 4. The number of pyridine rings is 1. The lowest BCUT2D eigenvalue weighted by Gasteiger charge is -2.13. The first-order chi connectivity index (χ1) is 16.4. The molecule has 0 atom stereocenters. The number of carbonyl (C=O) groups is 2. The van der Waals surface area contributed by atoms with Gasteiger partial charge in [0.15, 0.2) is 0 Å². The third-order valence-corrected chi connectivity index (χ3v) is 5.46. The van der Waals surface area contributed by atoms with E-state index in [-0.39, 0.29) is 17.7 Å². The number of halogens is 1. The van der Waals surface area contributed by atoms with E-state index in [2.05, 4.69) is 20.7 Å². The molecule has 2 N–H and O–H groups in total. The molecule has 8 heteroatoms. The Labute approximate surface area is 202 Å². The normalized spacial score (nSPS) is 10.8. The van der Waals surface area contributed by atoms with Crippen molar-refractivity contribution in [2.24, 2.45) is 0 Å². The van der Waals surface area contributed by atoms with Crippen LogP contribution in [0.15, 0.2) is 79.1 Å². The standard InChI is InChI=1S/C26H24ClN5O2/c1-17(2)24-23(16-30-32(24)22-11-9-19(27)10-12-22)26(34)31-20-8-5-6-18(14-20)25(33)29-15-21-7-3-4-13-28-21/h3-14,16-17H,15H2,1-2H3,(H,29,33)(H,31,34). The summed E-state index contributed by atoms with van der Waals surface area (Å²) in [6.07, 6.45) is 3.24. The average Bonchev–Trinajstić information content (AvgIpc) is 3.30. The Balaban J connectivity index is 1.51. The van der Waals surface area contributed by atoms with E-state index in [0.29, 0.717) is 28.4 Å². The smallest absolute Gasteiger partial charge is 0.259 e. The van der Waals surface area contributed by atoms with Gasteiger partial charge in [0.1, 0.15) is 0 Å². The van der Waals surface area contributed by atoms with Gasteiger partial charge in [-0.05, 0) is 60.5 Å². The Kier molecular flexibility index (Phi) is 7.04. The molecule has 0 radical (unpaired) electrons. The van der Waals surface area contributed by atoms with Crippen molar-refractivity contribution in [2.75, 3.05) is 5.32 Å². The number of anilines is 1. The van der Waals surface area contributed by atoms with Crippen molar-refractivity contribution in [3.63, 3.8) is 0 Å². The molecule has 2 heterocycles. The third kappa shape index (κ3) is 5.32. The highest BCUT2D eigenvalue weighted by Gasteiger charge is 2.21. The van der Waals surface area contributed by atoms with Crippen LogP contribution >= 0.6 is 11.6 Å². The van der Waals surface area contributed by atoms with Crippen molar-refractivity contribution in [2.45, 2.75) is 26.3 Å². The summed E-state index contributed by atoms with van der Waals surface area (Å²) in [6, 6.07) is 19.6. The molecule has 0 aliphatic carbocycles. The third-order valence-electron chi connectivity index (χ3n) is 5.21. The fourth-order valence-electron chi connectivity index (χ4n) is 3.59. The van der Waals surface area contributed by atoms with E-state index in [1.807, 2.05) is 44.2 Å². The van der Waals surface area contributed by atoms with Crippen molar-refractivity contribution in [3.8, 4) is 5.69 Å². The number of carbonyl (C=O) groups excluding carboxylic acids is 2. The van der Waals surface area contributed by atoms with Crippen LogP contribution in [0.4, 0.5) is 5.69 Å². The minimum Gasteiger partial charge on any atom is -0.346 e. The van der Waals surface area contributed by atoms with Crippen LogP contribution in [0.2, 0.25) is 5.02 Å². The molecule has 0 bridgehead atoms. The second-order valence-corrected chi connectivity index (χ2v) is 8.46. The maximum atomic E-state index is 13.1. The van der Waals surface area contributed by atoms with Crippen LogP contribution in [0.25, 0.3) is 5.69 Å². The molecular weight excluding hydrogens is 450 g/mol. The maximum absolute atomic E-state index is 13.1. The van der Waals surface area contributed by atoms with Gasteiger partial charge in [-0.3, -0.25) is 14.6 Å². The monoisotopic (exact) mass is 473 g/mol. The van der Waals surface area contributed by atoms with Gasteiger partial charge < -0.3 is 10.6 Å². The molecule has 34 heavy (non-hydrogen) atoms. The van der Waals surface area contributed by atoms with E-state index in [4.69, 9.17) is 11.6 Å². The van der Waals surface area contributed by atoms with Crippen molar-refractivity contribution >= 4 is 29.1 Å². The van der Waals surface area contributed by atoms with Crippen LogP contribution in [-0.2, 0) is 6.54 Å². The molecule has 0 aliphatic rings. The minimum atomic E-state index is -0.296. The summed E-state index contributed by atoms with van der Waals surface area (Å²) in [6.45, 7) is 4.33. The number of benzene rings is 2. The lowest BCUT2D eigenvalue weighted by molar-refractivity contribution is 0.0949. The fourth-order valence-corrected chi connectivity index (χ4v) is 3.71. The first kappa shape index (κ1) is 23.2. The molecule has 0 aliphatic heterocycles. The van der Waals surface area contributed by atoms with Crippen molar-refractivity contribution in [1.29, 1.82) is 0 Å². The predicted molar refractivity (Wildman–Crippen MR) is 132 cm³/mol. The molecule has 2 aromatic carbocycles. The SMILES string of the molecule is CC(C)c1c(C(=O)Nc2cccc(C(=O)NCc3ccccn3)c2)cnn1-c1ccc(Cl)cc1. The summed E-state index contributed by atoms with van der Waals surface area (Å²) in [4.78, 5) is 29.9. The van der Waals surface area contributed by atoms with Gasteiger partial charge in [0.2, 0.25) is 0 Å². The van der Waals surface area contributed by atoms with E-state index in [1.165, 1.54) is 0 Å². The zero-order valence-corrected chi connectivity index (χ0v) is 19.6.